The maximum Gasteiger partial charge on any atom is 0.165 e. The molecule has 0 aromatic carbocycles. The quantitative estimate of drug-likeness (QED) is 0.504. The van der Waals surface area contributed by atoms with Gasteiger partial charge in [0.15, 0.2) is 5.78 Å². The second kappa shape index (κ2) is 6.15. The summed E-state index contributed by atoms with van der Waals surface area (Å²) >= 11 is 1.72. The number of aliphatic hydroxyl groups is 1. The van der Waals surface area contributed by atoms with E-state index in [1.54, 1.807) is 11.3 Å². The summed E-state index contributed by atoms with van der Waals surface area (Å²) in [7, 11) is 0. The zero-order valence-corrected chi connectivity index (χ0v) is 17.2. The van der Waals surface area contributed by atoms with Crippen molar-refractivity contribution in [3.8, 4) is 0 Å². The smallest absolute Gasteiger partial charge is 0.165 e. The van der Waals surface area contributed by atoms with E-state index in [4.69, 9.17) is 0 Å². The number of hydrogen-bond donors (Lipinski definition) is 1. The molecule has 3 fully saturated rings. The third kappa shape index (κ3) is 2.57. The van der Waals surface area contributed by atoms with Crippen LogP contribution in [0.25, 0.3) is 6.08 Å². The molecule has 1 aromatic heterocycles. The minimum absolute atomic E-state index is 0.150. The Kier molecular flexibility index (Phi) is 4.07. The largest absolute Gasteiger partial charge is 0.393 e. The molecule has 3 saturated carbocycles. The zero-order chi connectivity index (χ0) is 18.8. The Balaban J connectivity index is 1.49. The van der Waals surface area contributed by atoms with Crippen molar-refractivity contribution in [2.45, 2.75) is 64.9 Å². The van der Waals surface area contributed by atoms with Crippen LogP contribution in [0.1, 0.15) is 63.7 Å². The molecule has 0 unspecified atom stereocenters. The summed E-state index contributed by atoms with van der Waals surface area (Å²) in [4.78, 5) is 14.6. The van der Waals surface area contributed by atoms with Gasteiger partial charge in [0.25, 0.3) is 0 Å². The molecule has 4 aliphatic rings. The molecule has 6 atom stereocenters. The number of hydrogen-bond acceptors (Lipinski definition) is 3. The zero-order valence-electron chi connectivity index (χ0n) is 16.4. The number of Topliss-reactive ketones (excluding diaryl/α,β-unsaturated/α-hetero) is 1. The van der Waals surface area contributed by atoms with E-state index in [2.05, 4.69) is 43.5 Å². The Labute approximate surface area is 166 Å². The molecule has 0 saturated heterocycles. The predicted octanol–water partition coefficient (Wildman–Crippen LogP) is 5.63. The monoisotopic (exact) mass is 382 g/mol. The first-order valence-electron chi connectivity index (χ1n) is 10.6. The summed E-state index contributed by atoms with van der Waals surface area (Å²) in [5, 5.41) is 12.2. The first kappa shape index (κ1) is 17.9. The Morgan fingerprint density at radius 3 is 2.74 bits per heavy atom. The van der Waals surface area contributed by atoms with Crippen LogP contribution in [0.2, 0.25) is 0 Å². The van der Waals surface area contributed by atoms with Gasteiger partial charge in [-0.05, 0) is 91.2 Å². The van der Waals surface area contributed by atoms with Crippen molar-refractivity contribution in [3.05, 3.63) is 39.6 Å². The molecule has 0 amide bonds. The van der Waals surface area contributed by atoms with E-state index in [1.807, 2.05) is 0 Å². The Hall–Kier alpha value is -1.19. The van der Waals surface area contributed by atoms with Gasteiger partial charge in [-0.2, -0.15) is 0 Å². The van der Waals surface area contributed by atoms with Gasteiger partial charge in [-0.3, -0.25) is 4.79 Å². The van der Waals surface area contributed by atoms with E-state index in [-0.39, 0.29) is 16.9 Å². The number of aliphatic hydroxyl groups excluding tert-OH is 1. The van der Waals surface area contributed by atoms with Crippen LogP contribution in [-0.4, -0.2) is 17.0 Å². The van der Waals surface area contributed by atoms with Gasteiger partial charge >= 0.3 is 0 Å². The third-order valence-corrected chi connectivity index (χ3v) is 9.40. The lowest BCUT2D eigenvalue weighted by atomic mass is 9.48. The van der Waals surface area contributed by atoms with E-state index < -0.39 is 0 Å². The van der Waals surface area contributed by atoms with Crippen molar-refractivity contribution in [2.75, 3.05) is 0 Å². The lowest BCUT2D eigenvalue weighted by molar-refractivity contribution is -0.130. The fraction of sp³-hybridized carbons (Fsp3) is 0.625. The van der Waals surface area contributed by atoms with Crippen molar-refractivity contribution in [2.24, 2.45) is 28.6 Å². The maximum atomic E-state index is 13.4. The number of carbonyl (C=O) groups excluding carboxylic acids is 1. The van der Waals surface area contributed by atoms with Crippen LogP contribution in [0.4, 0.5) is 0 Å². The lowest BCUT2D eigenvalue weighted by Gasteiger charge is -2.56. The molecule has 144 valence electrons. The third-order valence-electron chi connectivity index (χ3n) is 8.58. The van der Waals surface area contributed by atoms with Crippen LogP contribution in [-0.2, 0) is 4.79 Å². The highest BCUT2D eigenvalue weighted by Crippen LogP contribution is 2.64. The Morgan fingerprint density at radius 1 is 1.15 bits per heavy atom. The summed E-state index contributed by atoms with van der Waals surface area (Å²) in [5.74, 6) is 2.19. The van der Waals surface area contributed by atoms with Crippen molar-refractivity contribution < 1.29 is 9.90 Å². The van der Waals surface area contributed by atoms with Crippen LogP contribution >= 0.6 is 11.3 Å². The molecule has 1 aromatic rings. The molecule has 0 bridgehead atoms. The van der Waals surface area contributed by atoms with Gasteiger partial charge in [0.1, 0.15) is 0 Å². The first-order chi connectivity index (χ1) is 12.9. The topological polar surface area (TPSA) is 37.3 Å². The van der Waals surface area contributed by atoms with E-state index in [0.29, 0.717) is 23.5 Å². The molecule has 1 N–H and O–H groups in total. The second-order valence-electron chi connectivity index (χ2n) is 9.83. The molecule has 1 heterocycles. The van der Waals surface area contributed by atoms with E-state index >= 15 is 0 Å². The number of thiophene rings is 1. The second-order valence-corrected chi connectivity index (χ2v) is 10.8. The molecule has 0 radical (unpaired) electrons. The molecule has 2 nitrogen and oxygen atoms in total. The number of carbonyl (C=O) groups is 1. The Morgan fingerprint density at radius 2 is 1.96 bits per heavy atom. The molecular formula is C24H30O2S. The van der Waals surface area contributed by atoms with E-state index in [1.165, 1.54) is 16.9 Å². The number of ketones is 1. The fourth-order valence-corrected chi connectivity index (χ4v) is 7.67. The number of rotatable bonds is 1. The van der Waals surface area contributed by atoms with Crippen molar-refractivity contribution in [3.63, 3.8) is 0 Å². The highest BCUT2D eigenvalue weighted by atomic mass is 32.1. The summed E-state index contributed by atoms with van der Waals surface area (Å²) in [6, 6.07) is 4.18. The minimum Gasteiger partial charge on any atom is -0.393 e. The summed E-state index contributed by atoms with van der Waals surface area (Å²) in [6.45, 7) is 4.70. The number of fused-ring (bicyclic) bond motifs is 5. The fourth-order valence-electron chi connectivity index (χ4n) is 6.99. The first-order valence-corrected chi connectivity index (χ1v) is 11.5. The van der Waals surface area contributed by atoms with E-state index in [9.17, 15) is 9.90 Å². The van der Waals surface area contributed by atoms with Gasteiger partial charge in [-0.1, -0.05) is 31.6 Å². The average Bonchev–Trinajstić information content (AvgIpc) is 3.24. The summed E-state index contributed by atoms with van der Waals surface area (Å²) in [6.07, 6.45) is 11.6. The lowest BCUT2D eigenvalue weighted by Crippen LogP contribution is -2.50. The highest BCUT2D eigenvalue weighted by Gasteiger charge is 2.59. The van der Waals surface area contributed by atoms with Gasteiger partial charge in [-0.15, -0.1) is 11.3 Å². The van der Waals surface area contributed by atoms with Crippen LogP contribution in [0.3, 0.4) is 0 Å². The van der Waals surface area contributed by atoms with Crippen LogP contribution in [0.15, 0.2) is 34.7 Å². The minimum atomic E-state index is -0.167. The molecule has 5 rings (SSSR count). The predicted molar refractivity (Wildman–Crippen MR) is 110 cm³/mol. The van der Waals surface area contributed by atoms with Crippen LogP contribution in [0, 0.1) is 28.6 Å². The standard InChI is InChI=1S/C24H30O2S/c1-23-9-7-17(25)14-16(23)5-6-19-20(23)8-10-24(2)21(19)13-15(22(24)26)12-18-4-3-11-27-18/h3-5,11-12,17,19-21,25H,6-10,13-14H2,1-2H3/b15-12-/t17-,19+,20-,21-,23-,24-/m0/s1. The summed E-state index contributed by atoms with van der Waals surface area (Å²) in [5.41, 5.74) is 2.64. The van der Waals surface area contributed by atoms with Gasteiger partial charge in [-0.25, -0.2) is 0 Å². The highest BCUT2D eigenvalue weighted by molar-refractivity contribution is 7.10. The van der Waals surface area contributed by atoms with Crippen LogP contribution in [0.5, 0.6) is 0 Å². The SMILES string of the molecule is C[C@]12CC[C@H](O)CC1=CC[C@@H]1[C@@H]2CC[C@]2(C)C(=O)/C(=C\c3cccs3)C[C@@H]12. The van der Waals surface area contributed by atoms with Gasteiger partial charge < -0.3 is 5.11 Å². The molecule has 4 aliphatic carbocycles. The number of allylic oxidation sites excluding steroid dienone is 2. The molecule has 3 heteroatoms. The molecule has 0 spiro atoms. The van der Waals surface area contributed by atoms with Gasteiger partial charge in [0.05, 0.1) is 6.10 Å². The summed E-state index contributed by atoms with van der Waals surface area (Å²) < 4.78 is 0. The van der Waals surface area contributed by atoms with Gasteiger partial charge in [0.2, 0.25) is 0 Å². The van der Waals surface area contributed by atoms with Crippen molar-refractivity contribution in [1.82, 2.24) is 0 Å². The van der Waals surface area contributed by atoms with Crippen LogP contribution < -0.4 is 0 Å². The average molecular weight is 383 g/mol. The van der Waals surface area contributed by atoms with Gasteiger partial charge in [0, 0.05) is 10.3 Å². The van der Waals surface area contributed by atoms with E-state index in [0.717, 1.165) is 44.1 Å². The Bertz CT molecular complexity index is 819. The van der Waals surface area contributed by atoms with Crippen molar-refractivity contribution in [1.29, 1.82) is 0 Å². The maximum absolute atomic E-state index is 13.4. The molecule has 27 heavy (non-hydrogen) atoms. The normalized spacial score (nSPS) is 45.2. The van der Waals surface area contributed by atoms with Crippen molar-refractivity contribution >= 4 is 23.2 Å². The molecule has 0 aliphatic heterocycles. The molecular weight excluding hydrogens is 352 g/mol.